The zero-order valence-electron chi connectivity index (χ0n) is 15.4. The number of ether oxygens (including phenoxy) is 1. The summed E-state index contributed by atoms with van der Waals surface area (Å²) in [5.41, 5.74) is 2.77. The van der Waals surface area contributed by atoms with Crippen molar-refractivity contribution in [2.75, 3.05) is 33.4 Å². The molecule has 1 aliphatic heterocycles. The number of methoxy groups -OCH3 is 1. The molecule has 3 rings (SSSR count). The molecule has 1 saturated heterocycles. The zero-order chi connectivity index (χ0) is 17.0. The molecule has 0 bridgehead atoms. The van der Waals surface area contributed by atoms with Gasteiger partial charge in [-0.05, 0) is 56.7 Å². The van der Waals surface area contributed by atoms with Gasteiger partial charge in [-0.2, -0.15) is 0 Å². The van der Waals surface area contributed by atoms with Crippen molar-refractivity contribution < 1.29 is 9.53 Å². The summed E-state index contributed by atoms with van der Waals surface area (Å²) in [6.07, 6.45) is 4.29. The van der Waals surface area contributed by atoms with E-state index < -0.39 is 0 Å². The topological polar surface area (TPSA) is 41.6 Å². The lowest BCUT2D eigenvalue weighted by atomic mass is 9.91. The van der Waals surface area contributed by atoms with Crippen LogP contribution in [0.5, 0.6) is 0 Å². The van der Waals surface area contributed by atoms with E-state index in [0.717, 1.165) is 45.3 Å². The lowest BCUT2D eigenvalue weighted by Crippen LogP contribution is -2.37. The highest BCUT2D eigenvalue weighted by molar-refractivity contribution is 5.85. The van der Waals surface area contributed by atoms with Crippen molar-refractivity contribution in [2.45, 2.75) is 39.2 Å². The Balaban J connectivity index is 0.00000225. The Hall–Kier alpha value is -1.10. The van der Waals surface area contributed by atoms with Crippen LogP contribution in [0.25, 0.3) is 0 Å². The fourth-order valence-electron chi connectivity index (χ4n) is 3.98. The van der Waals surface area contributed by atoms with Gasteiger partial charge in [-0.25, -0.2) is 0 Å². The van der Waals surface area contributed by atoms with Crippen molar-refractivity contribution in [1.82, 2.24) is 10.2 Å². The van der Waals surface area contributed by atoms with Gasteiger partial charge >= 0.3 is 0 Å². The molecule has 0 radical (unpaired) electrons. The fourth-order valence-corrected chi connectivity index (χ4v) is 3.98. The van der Waals surface area contributed by atoms with Gasteiger partial charge in [0.1, 0.15) is 0 Å². The van der Waals surface area contributed by atoms with Crippen LogP contribution in [0.4, 0.5) is 0 Å². The van der Waals surface area contributed by atoms with E-state index in [2.05, 4.69) is 41.4 Å². The lowest BCUT2D eigenvalue weighted by molar-refractivity contribution is -0.134. The number of carbonyl (C=O) groups is 1. The Morgan fingerprint density at radius 1 is 1.28 bits per heavy atom. The molecule has 1 aromatic carbocycles. The molecule has 1 amide bonds. The monoisotopic (exact) mass is 366 g/mol. The van der Waals surface area contributed by atoms with Gasteiger partial charge in [0.2, 0.25) is 5.91 Å². The van der Waals surface area contributed by atoms with E-state index >= 15 is 0 Å². The standard InChI is InChI=1S/C20H30N2O2.ClH/c1-16-4-6-17(7-5-16)15-22(12-3-13-24-2)19(23)18-14-20(18)8-10-21-11-9-20;/h4-7,18,21H,3,8-15H2,1-2H3;1H. The average Bonchev–Trinajstić information content (AvgIpc) is 3.29. The Morgan fingerprint density at radius 2 is 1.96 bits per heavy atom. The summed E-state index contributed by atoms with van der Waals surface area (Å²) in [5.74, 6) is 0.598. The van der Waals surface area contributed by atoms with Crippen LogP contribution >= 0.6 is 12.4 Å². The summed E-state index contributed by atoms with van der Waals surface area (Å²) >= 11 is 0. The molecule has 0 aromatic heterocycles. The first-order valence-electron chi connectivity index (χ1n) is 9.19. The summed E-state index contributed by atoms with van der Waals surface area (Å²) in [6.45, 7) is 6.42. The number of piperidine rings is 1. The quantitative estimate of drug-likeness (QED) is 0.753. The van der Waals surface area contributed by atoms with Gasteiger partial charge in [-0.15, -0.1) is 12.4 Å². The number of hydrogen-bond donors (Lipinski definition) is 1. The highest BCUT2D eigenvalue weighted by Gasteiger charge is 2.58. The number of rotatable bonds is 7. The van der Waals surface area contributed by atoms with Gasteiger partial charge in [-0.1, -0.05) is 29.8 Å². The SMILES string of the molecule is COCCCN(Cc1ccc(C)cc1)C(=O)C1CC12CCNCC2.Cl. The molecule has 140 valence electrons. The third-order valence-corrected chi connectivity index (χ3v) is 5.67. The van der Waals surface area contributed by atoms with Gasteiger partial charge in [0.15, 0.2) is 0 Å². The number of benzene rings is 1. The van der Waals surface area contributed by atoms with Crippen molar-refractivity contribution in [3.05, 3.63) is 35.4 Å². The maximum absolute atomic E-state index is 13.1. The first-order valence-corrected chi connectivity index (χ1v) is 9.19. The smallest absolute Gasteiger partial charge is 0.226 e. The molecule has 1 heterocycles. The Kier molecular flexibility index (Phi) is 7.29. The van der Waals surface area contributed by atoms with Crippen molar-refractivity contribution in [3.8, 4) is 0 Å². The molecule has 1 aromatic rings. The predicted molar refractivity (Wildman–Crippen MR) is 103 cm³/mol. The maximum Gasteiger partial charge on any atom is 0.226 e. The van der Waals surface area contributed by atoms with Gasteiger partial charge in [0, 0.05) is 32.7 Å². The first-order chi connectivity index (χ1) is 11.6. The molecule has 2 aliphatic rings. The molecule has 1 saturated carbocycles. The Labute approximate surface area is 157 Å². The van der Waals surface area contributed by atoms with Crippen LogP contribution in [0.3, 0.4) is 0 Å². The second-order valence-corrected chi connectivity index (χ2v) is 7.46. The van der Waals surface area contributed by atoms with Gasteiger partial charge in [0.25, 0.3) is 0 Å². The second-order valence-electron chi connectivity index (χ2n) is 7.46. The van der Waals surface area contributed by atoms with E-state index in [4.69, 9.17) is 4.74 Å². The summed E-state index contributed by atoms with van der Waals surface area (Å²) < 4.78 is 5.18. The van der Waals surface area contributed by atoms with Crippen LogP contribution < -0.4 is 5.32 Å². The number of carbonyl (C=O) groups excluding carboxylic acids is 1. The van der Waals surface area contributed by atoms with Crippen LogP contribution in [0.1, 0.15) is 36.8 Å². The minimum absolute atomic E-state index is 0. The summed E-state index contributed by atoms with van der Waals surface area (Å²) in [7, 11) is 1.72. The molecular formula is C20H31ClN2O2. The third-order valence-electron chi connectivity index (χ3n) is 5.67. The number of nitrogens with one attached hydrogen (secondary N) is 1. The molecule has 1 atom stereocenters. The van der Waals surface area contributed by atoms with Gasteiger partial charge < -0.3 is 15.0 Å². The minimum Gasteiger partial charge on any atom is -0.385 e. The molecule has 2 fully saturated rings. The second kappa shape index (κ2) is 9.02. The summed E-state index contributed by atoms with van der Waals surface area (Å²) in [4.78, 5) is 15.2. The zero-order valence-corrected chi connectivity index (χ0v) is 16.2. The Bertz CT molecular complexity index is 555. The van der Waals surface area contributed by atoms with Gasteiger partial charge in [-0.3, -0.25) is 4.79 Å². The molecular weight excluding hydrogens is 336 g/mol. The van der Waals surface area contributed by atoms with E-state index in [1.54, 1.807) is 7.11 Å². The van der Waals surface area contributed by atoms with Crippen LogP contribution in [-0.4, -0.2) is 44.2 Å². The molecule has 1 spiro atoms. The highest BCUT2D eigenvalue weighted by atomic mass is 35.5. The number of nitrogens with zero attached hydrogens (tertiary/aromatic N) is 1. The minimum atomic E-state index is 0. The van der Waals surface area contributed by atoms with Gasteiger partial charge in [0.05, 0.1) is 0 Å². The number of aryl methyl sites for hydroxylation is 1. The maximum atomic E-state index is 13.1. The van der Waals surface area contributed by atoms with Crippen LogP contribution in [0, 0.1) is 18.3 Å². The van der Waals surface area contributed by atoms with Crippen molar-refractivity contribution in [3.63, 3.8) is 0 Å². The van der Waals surface area contributed by atoms with E-state index in [0.29, 0.717) is 24.5 Å². The number of halogens is 1. The first kappa shape index (κ1) is 20.2. The van der Waals surface area contributed by atoms with Crippen molar-refractivity contribution in [2.24, 2.45) is 11.3 Å². The molecule has 25 heavy (non-hydrogen) atoms. The van der Waals surface area contributed by atoms with Crippen molar-refractivity contribution >= 4 is 18.3 Å². The van der Waals surface area contributed by atoms with Crippen molar-refractivity contribution in [1.29, 1.82) is 0 Å². The van der Waals surface area contributed by atoms with Crippen LogP contribution in [0.15, 0.2) is 24.3 Å². The fraction of sp³-hybridized carbons (Fsp3) is 0.650. The molecule has 1 aliphatic carbocycles. The molecule has 1 N–H and O–H groups in total. The van der Waals surface area contributed by atoms with E-state index in [1.165, 1.54) is 11.1 Å². The van der Waals surface area contributed by atoms with E-state index in [1.807, 2.05) is 0 Å². The Morgan fingerprint density at radius 3 is 2.60 bits per heavy atom. The molecule has 4 nitrogen and oxygen atoms in total. The van der Waals surface area contributed by atoms with E-state index in [-0.39, 0.29) is 18.3 Å². The number of amides is 1. The van der Waals surface area contributed by atoms with Crippen LogP contribution in [-0.2, 0) is 16.1 Å². The highest BCUT2D eigenvalue weighted by Crippen LogP contribution is 2.59. The van der Waals surface area contributed by atoms with Crippen LogP contribution in [0.2, 0.25) is 0 Å². The molecule has 5 heteroatoms. The summed E-state index contributed by atoms with van der Waals surface area (Å²) in [6, 6.07) is 8.52. The van der Waals surface area contributed by atoms with E-state index in [9.17, 15) is 4.79 Å². The largest absolute Gasteiger partial charge is 0.385 e. The lowest BCUT2D eigenvalue weighted by Gasteiger charge is -2.27. The number of hydrogen-bond acceptors (Lipinski definition) is 3. The molecule has 1 unspecified atom stereocenters. The summed E-state index contributed by atoms with van der Waals surface area (Å²) in [5, 5.41) is 3.41. The normalized spacial score (nSPS) is 20.8. The average molecular weight is 367 g/mol. The predicted octanol–water partition coefficient (Wildman–Crippen LogP) is 3.17. The third kappa shape index (κ3) is 4.96.